The van der Waals surface area contributed by atoms with E-state index in [9.17, 15) is 0 Å². The summed E-state index contributed by atoms with van der Waals surface area (Å²) in [7, 11) is 1.90. The van der Waals surface area contributed by atoms with Gasteiger partial charge in [0.15, 0.2) is 0 Å². The zero-order valence-electron chi connectivity index (χ0n) is 5.52. The van der Waals surface area contributed by atoms with Crippen LogP contribution in [-0.4, -0.2) is 29.7 Å². The summed E-state index contributed by atoms with van der Waals surface area (Å²) < 4.78 is 0. The number of aliphatic imine (C=N–C) groups is 1. The van der Waals surface area contributed by atoms with E-state index in [1.54, 1.807) is 11.3 Å². The van der Waals surface area contributed by atoms with Crippen LogP contribution in [0.2, 0.25) is 0 Å². The quantitative estimate of drug-likeness (QED) is 0.490. The Kier molecular flexibility index (Phi) is 0.983. The molecule has 5 heteroatoms. The molecule has 5 nitrogen and oxygen atoms in total. The van der Waals surface area contributed by atoms with E-state index >= 15 is 0 Å². The Morgan fingerprint density at radius 2 is 2.50 bits per heavy atom. The highest BCUT2D eigenvalue weighted by Gasteiger charge is 2.16. The third-order valence-electron chi connectivity index (χ3n) is 1.26. The lowest BCUT2D eigenvalue weighted by Gasteiger charge is -2.16. The monoisotopic (exact) mass is 137 g/mol. The van der Waals surface area contributed by atoms with E-state index in [-0.39, 0.29) is 0 Å². The number of hydrogen-bond donors (Lipinski definition) is 1. The van der Waals surface area contributed by atoms with Crippen LogP contribution in [0.25, 0.3) is 0 Å². The molecule has 0 saturated carbocycles. The number of hydrazone groups is 1. The van der Waals surface area contributed by atoms with E-state index in [2.05, 4.69) is 15.6 Å². The Bertz CT molecular complexity index is 228. The van der Waals surface area contributed by atoms with Gasteiger partial charge in [0, 0.05) is 13.2 Å². The third kappa shape index (κ3) is 0.679. The molecule has 0 aliphatic carbocycles. The van der Waals surface area contributed by atoms with Crippen LogP contribution in [0.3, 0.4) is 0 Å². The molecule has 1 N–H and O–H groups in total. The fourth-order valence-electron chi connectivity index (χ4n) is 0.861. The van der Waals surface area contributed by atoms with Crippen LogP contribution < -0.4 is 5.53 Å². The third-order valence-corrected chi connectivity index (χ3v) is 1.26. The molecule has 0 radical (unpaired) electrons. The molecule has 0 aromatic heterocycles. The minimum Gasteiger partial charge on any atom is -0.297 e. The Morgan fingerprint density at radius 3 is 3.30 bits per heavy atom. The molecule has 0 bridgehead atoms. The van der Waals surface area contributed by atoms with E-state index in [1.807, 2.05) is 18.3 Å². The molecule has 10 heavy (non-hydrogen) atoms. The summed E-state index contributed by atoms with van der Waals surface area (Å²) in [5, 5.41) is 7.39. The van der Waals surface area contributed by atoms with Crippen LogP contribution in [0.5, 0.6) is 0 Å². The first-order valence-corrected chi connectivity index (χ1v) is 2.93. The normalized spacial score (nSPS) is 21.5. The van der Waals surface area contributed by atoms with Crippen molar-refractivity contribution in [2.75, 3.05) is 7.05 Å². The minimum absolute atomic E-state index is 0.949. The average molecular weight is 137 g/mol. The molecule has 0 fully saturated rings. The topological polar surface area (TPSA) is 43.2 Å². The number of fused-ring (bicyclic) bond motifs is 1. The van der Waals surface area contributed by atoms with Gasteiger partial charge in [-0.3, -0.25) is 5.01 Å². The van der Waals surface area contributed by atoms with Gasteiger partial charge >= 0.3 is 0 Å². The lowest BCUT2D eigenvalue weighted by molar-refractivity contribution is 0.162. The summed E-state index contributed by atoms with van der Waals surface area (Å²) in [5.74, 6) is 0. The Morgan fingerprint density at radius 1 is 1.60 bits per heavy atom. The number of hydrogen-bond acceptors (Lipinski definition) is 5. The number of nitrogens with zero attached hydrogens (tertiary/aromatic N) is 4. The minimum atomic E-state index is 0.949. The molecule has 2 aliphatic rings. The molecule has 2 aliphatic heterocycles. The van der Waals surface area contributed by atoms with E-state index in [0.717, 1.165) is 5.70 Å². The molecule has 52 valence electrons. The van der Waals surface area contributed by atoms with Gasteiger partial charge in [0.05, 0.1) is 6.21 Å². The van der Waals surface area contributed by atoms with Gasteiger partial charge in [-0.1, -0.05) is 0 Å². The second kappa shape index (κ2) is 1.81. The predicted molar refractivity (Wildman–Crippen MR) is 37.8 cm³/mol. The van der Waals surface area contributed by atoms with E-state index in [4.69, 9.17) is 0 Å². The van der Waals surface area contributed by atoms with Crippen molar-refractivity contribution in [3.05, 3.63) is 11.9 Å². The summed E-state index contributed by atoms with van der Waals surface area (Å²) in [6.07, 6.45) is 5.13. The SMILES string of the molecule is CN1C=C2C=NC=NN2N1. The second-order valence-corrected chi connectivity index (χ2v) is 2.09. The van der Waals surface area contributed by atoms with Gasteiger partial charge in [0.2, 0.25) is 0 Å². The first-order chi connectivity index (χ1) is 4.86. The molecule has 0 aromatic rings. The number of nitrogens with one attached hydrogen (secondary N) is 1. The highest BCUT2D eigenvalue weighted by atomic mass is 15.9. The van der Waals surface area contributed by atoms with E-state index in [0.29, 0.717) is 0 Å². The zero-order chi connectivity index (χ0) is 6.97. The summed E-state index contributed by atoms with van der Waals surface area (Å²) in [4.78, 5) is 3.86. The first kappa shape index (κ1) is 5.43. The van der Waals surface area contributed by atoms with Gasteiger partial charge in [-0.15, -0.1) is 10.6 Å². The number of hydrazine groups is 2. The van der Waals surface area contributed by atoms with Crippen molar-refractivity contribution in [1.29, 1.82) is 0 Å². The largest absolute Gasteiger partial charge is 0.297 e. The molecular weight excluding hydrogens is 130 g/mol. The Balaban J connectivity index is 2.29. The molecular formula is C5H7N5. The van der Waals surface area contributed by atoms with Gasteiger partial charge in [0.25, 0.3) is 0 Å². The van der Waals surface area contributed by atoms with Gasteiger partial charge in [-0.2, -0.15) is 5.12 Å². The summed E-state index contributed by atoms with van der Waals surface area (Å²) in [6.45, 7) is 0. The molecule has 2 heterocycles. The second-order valence-electron chi connectivity index (χ2n) is 2.09. The lowest BCUT2D eigenvalue weighted by Crippen LogP contribution is -2.35. The lowest BCUT2D eigenvalue weighted by atomic mass is 10.5. The van der Waals surface area contributed by atoms with Crippen LogP contribution in [0.1, 0.15) is 0 Å². The van der Waals surface area contributed by atoms with Gasteiger partial charge in [0.1, 0.15) is 12.0 Å². The summed E-state index contributed by atoms with van der Waals surface area (Å²) in [6, 6.07) is 0. The Hall–Kier alpha value is -1.36. The van der Waals surface area contributed by atoms with Crippen LogP contribution in [0.15, 0.2) is 22.0 Å². The molecule has 0 amide bonds. The number of rotatable bonds is 0. The van der Waals surface area contributed by atoms with Crippen molar-refractivity contribution in [3.8, 4) is 0 Å². The number of allylic oxidation sites excluding steroid dienone is 1. The molecule has 0 aromatic carbocycles. The van der Waals surface area contributed by atoms with E-state index in [1.165, 1.54) is 6.34 Å². The van der Waals surface area contributed by atoms with Crippen molar-refractivity contribution in [3.63, 3.8) is 0 Å². The van der Waals surface area contributed by atoms with Crippen molar-refractivity contribution in [1.82, 2.24) is 15.7 Å². The van der Waals surface area contributed by atoms with Crippen LogP contribution in [-0.2, 0) is 0 Å². The summed E-state index contributed by atoms with van der Waals surface area (Å²) >= 11 is 0. The molecule has 2 rings (SSSR count). The highest BCUT2D eigenvalue weighted by Crippen LogP contribution is 2.09. The average Bonchev–Trinajstić information content (AvgIpc) is 2.27. The standard InChI is InChI=1S/C5H7N5/c1-9-3-5-2-6-4-7-10(5)8-9/h2-4,8H,1H3. The molecule has 0 spiro atoms. The van der Waals surface area contributed by atoms with E-state index < -0.39 is 0 Å². The van der Waals surface area contributed by atoms with Gasteiger partial charge in [-0.25, -0.2) is 4.99 Å². The van der Waals surface area contributed by atoms with Gasteiger partial charge < -0.3 is 0 Å². The smallest absolute Gasteiger partial charge is 0.137 e. The summed E-state index contributed by atoms with van der Waals surface area (Å²) in [5.41, 5.74) is 3.89. The molecule has 0 atom stereocenters. The fraction of sp³-hybridized carbons (Fsp3) is 0.200. The predicted octanol–water partition coefficient (Wildman–Crippen LogP) is -0.477. The van der Waals surface area contributed by atoms with Gasteiger partial charge in [-0.05, 0) is 0 Å². The maximum absolute atomic E-state index is 3.93. The Labute approximate surface area is 58.3 Å². The zero-order valence-corrected chi connectivity index (χ0v) is 5.52. The maximum Gasteiger partial charge on any atom is 0.137 e. The van der Waals surface area contributed by atoms with Crippen LogP contribution >= 0.6 is 0 Å². The molecule has 0 saturated heterocycles. The van der Waals surface area contributed by atoms with Crippen molar-refractivity contribution in [2.45, 2.75) is 0 Å². The van der Waals surface area contributed by atoms with Crippen molar-refractivity contribution >= 4 is 12.6 Å². The highest BCUT2D eigenvalue weighted by molar-refractivity contribution is 5.86. The van der Waals surface area contributed by atoms with Crippen LogP contribution in [0.4, 0.5) is 0 Å². The first-order valence-electron chi connectivity index (χ1n) is 2.93. The fourth-order valence-corrected chi connectivity index (χ4v) is 0.861. The van der Waals surface area contributed by atoms with Crippen molar-refractivity contribution in [2.24, 2.45) is 10.1 Å². The van der Waals surface area contributed by atoms with Crippen LogP contribution in [0, 0.1) is 0 Å². The van der Waals surface area contributed by atoms with Crippen molar-refractivity contribution < 1.29 is 0 Å². The molecule has 0 unspecified atom stereocenters. The maximum atomic E-state index is 3.93.